The first-order chi connectivity index (χ1) is 6.79. The van der Waals surface area contributed by atoms with Gasteiger partial charge in [-0.2, -0.15) is 0 Å². The summed E-state index contributed by atoms with van der Waals surface area (Å²) in [5.41, 5.74) is 3.26. The average molecular weight is 198 g/mol. The predicted octanol–water partition coefficient (Wildman–Crippen LogP) is 4.07. The Morgan fingerprint density at radius 1 is 0.857 bits per heavy atom. The van der Waals surface area contributed by atoms with E-state index in [0.29, 0.717) is 6.61 Å². The van der Waals surface area contributed by atoms with Gasteiger partial charge in [0.2, 0.25) is 0 Å². The molecule has 0 aliphatic carbocycles. The third kappa shape index (κ3) is 5.43. The first-order valence-corrected chi connectivity index (χ1v) is 6.10. The van der Waals surface area contributed by atoms with Crippen molar-refractivity contribution in [1.82, 2.24) is 0 Å². The first-order valence-electron chi connectivity index (χ1n) is 6.10. The summed E-state index contributed by atoms with van der Waals surface area (Å²) >= 11 is 0. The highest BCUT2D eigenvalue weighted by molar-refractivity contribution is 5.14. The molecule has 0 unspecified atom stereocenters. The Balaban J connectivity index is 4.34. The Morgan fingerprint density at radius 3 is 1.86 bits per heavy atom. The van der Waals surface area contributed by atoms with Gasteiger partial charge in [-0.15, -0.1) is 0 Å². The molecule has 0 aromatic carbocycles. The van der Waals surface area contributed by atoms with Crippen molar-refractivity contribution in [1.29, 1.82) is 0 Å². The fourth-order valence-electron chi connectivity index (χ4n) is 1.98. The number of hydrogen-bond donors (Lipinski definition) is 1. The van der Waals surface area contributed by atoms with Gasteiger partial charge in [0.15, 0.2) is 0 Å². The van der Waals surface area contributed by atoms with Crippen molar-refractivity contribution in [3.8, 4) is 0 Å². The fourth-order valence-corrected chi connectivity index (χ4v) is 1.98. The van der Waals surface area contributed by atoms with Gasteiger partial charge in [0.05, 0.1) is 0 Å². The minimum Gasteiger partial charge on any atom is -0.396 e. The lowest BCUT2D eigenvalue weighted by Crippen LogP contribution is -1.94. The maximum atomic E-state index is 8.85. The fraction of sp³-hybridized carbons (Fsp3) is 0.846. The van der Waals surface area contributed by atoms with Crippen LogP contribution in [0, 0.1) is 0 Å². The van der Waals surface area contributed by atoms with Crippen LogP contribution in [0.1, 0.15) is 65.7 Å². The van der Waals surface area contributed by atoms with Crippen LogP contribution in [-0.2, 0) is 0 Å². The predicted molar refractivity (Wildman–Crippen MR) is 63.5 cm³/mol. The molecule has 1 heteroatoms. The van der Waals surface area contributed by atoms with E-state index in [0.717, 1.165) is 12.8 Å². The van der Waals surface area contributed by atoms with Gasteiger partial charge in [0.25, 0.3) is 0 Å². The van der Waals surface area contributed by atoms with Gasteiger partial charge < -0.3 is 5.11 Å². The van der Waals surface area contributed by atoms with Crippen LogP contribution < -0.4 is 0 Å². The number of hydrogen-bond acceptors (Lipinski definition) is 1. The molecule has 0 spiro atoms. The SMILES string of the molecule is CCCC(CC)=C(CCC)CCCO. The maximum absolute atomic E-state index is 8.85. The Kier molecular flexibility index (Phi) is 9.06. The topological polar surface area (TPSA) is 20.2 Å². The van der Waals surface area contributed by atoms with Crippen molar-refractivity contribution in [2.45, 2.75) is 65.7 Å². The minimum absolute atomic E-state index is 0.330. The molecule has 0 atom stereocenters. The van der Waals surface area contributed by atoms with Crippen LogP contribution in [-0.4, -0.2) is 11.7 Å². The Morgan fingerprint density at radius 2 is 1.43 bits per heavy atom. The standard InChI is InChI=1S/C13H26O/c1-4-8-12(6-3)13(9-5-2)10-7-11-14/h14H,4-11H2,1-3H3. The van der Waals surface area contributed by atoms with Gasteiger partial charge in [0, 0.05) is 6.61 Å². The quantitative estimate of drug-likeness (QED) is 0.583. The van der Waals surface area contributed by atoms with Gasteiger partial charge in [-0.1, -0.05) is 44.8 Å². The molecule has 1 N–H and O–H groups in total. The van der Waals surface area contributed by atoms with E-state index in [4.69, 9.17) is 5.11 Å². The number of aliphatic hydroxyl groups excluding tert-OH is 1. The average Bonchev–Trinajstić information content (AvgIpc) is 2.21. The number of allylic oxidation sites excluding steroid dienone is 2. The molecule has 84 valence electrons. The van der Waals surface area contributed by atoms with Gasteiger partial charge in [-0.05, 0) is 32.1 Å². The summed E-state index contributed by atoms with van der Waals surface area (Å²) in [5.74, 6) is 0. The molecule has 14 heavy (non-hydrogen) atoms. The molecule has 0 aliphatic rings. The van der Waals surface area contributed by atoms with E-state index in [1.165, 1.54) is 32.1 Å². The van der Waals surface area contributed by atoms with Crippen molar-refractivity contribution in [2.75, 3.05) is 6.61 Å². The van der Waals surface area contributed by atoms with Crippen LogP contribution in [0.2, 0.25) is 0 Å². The maximum Gasteiger partial charge on any atom is 0.0434 e. The highest BCUT2D eigenvalue weighted by Crippen LogP contribution is 2.22. The molecule has 1 nitrogen and oxygen atoms in total. The van der Waals surface area contributed by atoms with Gasteiger partial charge >= 0.3 is 0 Å². The van der Waals surface area contributed by atoms with Gasteiger partial charge in [0.1, 0.15) is 0 Å². The smallest absolute Gasteiger partial charge is 0.0434 e. The minimum atomic E-state index is 0.330. The van der Waals surface area contributed by atoms with Crippen molar-refractivity contribution < 1.29 is 5.11 Å². The Bertz CT molecular complexity index is 159. The second kappa shape index (κ2) is 9.26. The lowest BCUT2D eigenvalue weighted by Gasteiger charge is -2.12. The lowest BCUT2D eigenvalue weighted by molar-refractivity contribution is 0.287. The summed E-state index contributed by atoms with van der Waals surface area (Å²) in [6, 6.07) is 0. The van der Waals surface area contributed by atoms with Crippen molar-refractivity contribution in [3.05, 3.63) is 11.1 Å². The number of rotatable bonds is 8. The van der Waals surface area contributed by atoms with E-state index in [1.54, 1.807) is 11.1 Å². The summed E-state index contributed by atoms with van der Waals surface area (Å²) < 4.78 is 0. The molecule has 0 aromatic rings. The summed E-state index contributed by atoms with van der Waals surface area (Å²) in [4.78, 5) is 0. The normalized spacial score (nSPS) is 12.9. The van der Waals surface area contributed by atoms with Crippen LogP contribution >= 0.6 is 0 Å². The molecule has 0 rings (SSSR count). The van der Waals surface area contributed by atoms with Crippen LogP contribution in [0.15, 0.2) is 11.1 Å². The third-order valence-corrected chi connectivity index (χ3v) is 2.67. The highest BCUT2D eigenvalue weighted by atomic mass is 16.2. The molecule has 0 heterocycles. The van der Waals surface area contributed by atoms with Crippen molar-refractivity contribution in [3.63, 3.8) is 0 Å². The van der Waals surface area contributed by atoms with Crippen molar-refractivity contribution >= 4 is 0 Å². The second-order valence-corrected chi connectivity index (χ2v) is 3.89. The van der Waals surface area contributed by atoms with E-state index >= 15 is 0 Å². The molecule has 0 aromatic heterocycles. The van der Waals surface area contributed by atoms with Crippen LogP contribution in [0.25, 0.3) is 0 Å². The summed E-state index contributed by atoms with van der Waals surface area (Å²) in [5, 5.41) is 8.85. The van der Waals surface area contributed by atoms with Gasteiger partial charge in [-0.25, -0.2) is 0 Å². The molecule has 0 fully saturated rings. The molecule has 0 aliphatic heterocycles. The van der Waals surface area contributed by atoms with E-state index in [1.807, 2.05) is 0 Å². The summed E-state index contributed by atoms with van der Waals surface area (Å²) in [7, 11) is 0. The van der Waals surface area contributed by atoms with E-state index in [9.17, 15) is 0 Å². The van der Waals surface area contributed by atoms with E-state index in [2.05, 4.69) is 20.8 Å². The molecular weight excluding hydrogens is 172 g/mol. The highest BCUT2D eigenvalue weighted by Gasteiger charge is 2.03. The van der Waals surface area contributed by atoms with Crippen LogP contribution in [0.4, 0.5) is 0 Å². The summed E-state index contributed by atoms with van der Waals surface area (Å²) in [6.07, 6.45) is 8.18. The monoisotopic (exact) mass is 198 g/mol. The molecule has 0 saturated heterocycles. The zero-order chi connectivity index (χ0) is 10.8. The first kappa shape index (κ1) is 13.7. The van der Waals surface area contributed by atoms with Gasteiger partial charge in [-0.3, -0.25) is 0 Å². The molecule has 0 amide bonds. The van der Waals surface area contributed by atoms with Crippen molar-refractivity contribution in [2.24, 2.45) is 0 Å². The molecule has 0 radical (unpaired) electrons. The zero-order valence-electron chi connectivity index (χ0n) is 10.1. The zero-order valence-corrected chi connectivity index (χ0v) is 10.1. The Labute approximate surface area is 89.2 Å². The van der Waals surface area contributed by atoms with Crippen LogP contribution in [0.3, 0.4) is 0 Å². The second-order valence-electron chi connectivity index (χ2n) is 3.89. The van der Waals surface area contributed by atoms with E-state index < -0.39 is 0 Å². The van der Waals surface area contributed by atoms with E-state index in [-0.39, 0.29) is 0 Å². The lowest BCUT2D eigenvalue weighted by atomic mass is 9.94. The van der Waals surface area contributed by atoms with Crippen LogP contribution in [0.5, 0.6) is 0 Å². The molecule has 0 bridgehead atoms. The molecular formula is C13H26O. The Hall–Kier alpha value is -0.300. The number of aliphatic hydroxyl groups is 1. The third-order valence-electron chi connectivity index (χ3n) is 2.67. The summed E-state index contributed by atoms with van der Waals surface area (Å²) in [6.45, 7) is 7.05. The largest absolute Gasteiger partial charge is 0.396 e. The molecule has 0 saturated carbocycles.